The minimum atomic E-state index is -1.62. The van der Waals surface area contributed by atoms with Gasteiger partial charge in [-0.2, -0.15) is 17.0 Å². The van der Waals surface area contributed by atoms with Crippen molar-refractivity contribution in [3.63, 3.8) is 0 Å². The van der Waals surface area contributed by atoms with Crippen molar-refractivity contribution in [2.24, 2.45) is 0 Å². The molecule has 0 bridgehead atoms. The van der Waals surface area contributed by atoms with E-state index in [1.807, 2.05) is 0 Å². The number of hydrogen-bond donors (Lipinski definition) is 1. The molecule has 0 saturated carbocycles. The second-order valence-corrected chi connectivity index (χ2v) is 1.40. The van der Waals surface area contributed by atoms with Crippen molar-refractivity contribution in [2.45, 2.75) is 6.04 Å². The van der Waals surface area contributed by atoms with E-state index in [4.69, 9.17) is 5.73 Å². The fraction of sp³-hybridized carbons (Fsp3) is 0.667. The Morgan fingerprint density at radius 2 is 2.25 bits per heavy atom. The molecule has 1 atom stereocenters. The Hall–Kier alpha value is 0.780. The Labute approximate surface area is 71.2 Å². The number of nitrogens with one attached hydrogen (secondary N) is 1. The maximum Gasteiger partial charge on any atom is 0.284 e. The van der Waals surface area contributed by atoms with Crippen LogP contribution in [0.4, 0.5) is 4.39 Å². The van der Waals surface area contributed by atoms with E-state index < -0.39 is 12.1 Å². The zero-order valence-electron chi connectivity index (χ0n) is 4.10. The van der Waals surface area contributed by atoms with E-state index in [1.165, 1.54) is 0 Å². The molecule has 1 unspecified atom stereocenters. The van der Waals surface area contributed by atoms with Crippen molar-refractivity contribution in [3.05, 3.63) is 5.73 Å². The monoisotopic (exact) mass is 167 g/mol. The summed E-state index contributed by atoms with van der Waals surface area (Å²) in [6.45, 7) is 0. The molecule has 0 aliphatic heterocycles. The van der Waals surface area contributed by atoms with Gasteiger partial charge < -0.3 is 5.73 Å². The summed E-state index contributed by atoms with van der Waals surface area (Å²) in [5, 5.41) is 0. The molecule has 0 aromatic carbocycles. The zero-order chi connectivity index (χ0) is 5.86. The molecule has 1 radical (unpaired) electrons. The summed E-state index contributed by atoms with van der Waals surface area (Å²) in [5.74, 6) is -0.0463. The number of halogens is 1. The van der Waals surface area contributed by atoms with Gasteiger partial charge in [0.1, 0.15) is 0 Å². The van der Waals surface area contributed by atoms with Crippen molar-refractivity contribution in [2.75, 3.05) is 5.75 Å². The van der Waals surface area contributed by atoms with Crippen LogP contribution in [0.3, 0.4) is 0 Å². The molecule has 0 heterocycles. The fourth-order valence-corrected chi connectivity index (χ4v) is 0.215. The molecule has 0 aromatic rings. The van der Waals surface area contributed by atoms with E-state index in [0.29, 0.717) is 0 Å². The Balaban J connectivity index is 0. The molecule has 0 rings (SSSR count). The summed E-state index contributed by atoms with van der Waals surface area (Å²) in [7, 11) is 0. The number of carbonyl (C=O) groups excluding carboxylic acids is 1. The first-order valence-corrected chi connectivity index (χ1v) is 2.33. The van der Waals surface area contributed by atoms with Gasteiger partial charge in [-0.1, -0.05) is 0 Å². The summed E-state index contributed by atoms with van der Waals surface area (Å²) in [6.07, 6.45) is 0. The van der Waals surface area contributed by atoms with Gasteiger partial charge in [-0.05, 0) is 11.8 Å². The first-order chi connectivity index (χ1) is 3.18. The predicted molar refractivity (Wildman–Crippen MR) is 28.1 cm³/mol. The van der Waals surface area contributed by atoms with E-state index >= 15 is 0 Å². The third-order valence-electron chi connectivity index (χ3n) is 0.457. The second-order valence-electron chi connectivity index (χ2n) is 1.04. The van der Waals surface area contributed by atoms with Gasteiger partial charge in [-0.15, -0.1) is 0 Å². The number of hydrogen-bond acceptors (Lipinski definition) is 2. The Kier molecular flexibility index (Phi) is 8.54. The minimum absolute atomic E-state index is 0. The summed E-state index contributed by atoms with van der Waals surface area (Å²) in [4.78, 5) is 9.47. The van der Waals surface area contributed by atoms with Gasteiger partial charge in [-0.3, -0.25) is 4.79 Å². The zero-order valence-corrected chi connectivity index (χ0v) is 6.79. The van der Waals surface area contributed by atoms with Gasteiger partial charge in [0, 0.05) is 25.8 Å². The average Bonchev–Trinajstić information content (AvgIpc) is 1.65. The minimum Gasteiger partial charge on any atom is -0.665 e. The molecule has 2 nitrogen and oxygen atoms in total. The van der Waals surface area contributed by atoms with Crippen LogP contribution in [0.1, 0.15) is 0 Å². The summed E-state index contributed by atoms with van der Waals surface area (Å²) >= 11 is 3.51. The van der Waals surface area contributed by atoms with Crippen LogP contribution in [-0.4, -0.2) is 17.8 Å². The summed E-state index contributed by atoms with van der Waals surface area (Å²) < 4.78 is 11.2. The molecule has 0 saturated heterocycles. The molecule has 0 fully saturated rings. The van der Waals surface area contributed by atoms with Crippen LogP contribution in [0.2, 0.25) is 0 Å². The van der Waals surface area contributed by atoms with Crippen LogP contribution >= 0.6 is 12.6 Å². The van der Waals surface area contributed by atoms with Crippen molar-refractivity contribution in [1.29, 1.82) is 0 Å². The number of rotatable bonds is 2. The summed E-state index contributed by atoms with van der Waals surface area (Å²) in [6, 6.07) is -2.90. The molecular weight excluding hydrogens is 162 g/mol. The van der Waals surface area contributed by atoms with E-state index in [2.05, 4.69) is 12.6 Å². The molecule has 0 aliphatic carbocycles. The van der Waals surface area contributed by atoms with E-state index in [1.54, 1.807) is 0 Å². The van der Waals surface area contributed by atoms with Gasteiger partial charge in [-0.25, -0.2) is 0 Å². The Bertz CT molecular complexity index is 81.7. The van der Waals surface area contributed by atoms with Crippen molar-refractivity contribution in [1.82, 2.24) is 0 Å². The number of carbonyl (C=O) groups is 1. The first-order valence-electron chi connectivity index (χ1n) is 1.69. The Morgan fingerprint density at radius 1 is 1.88 bits per heavy atom. The smallest absolute Gasteiger partial charge is 0.284 e. The topological polar surface area (TPSA) is 40.9 Å². The molecule has 0 aromatic heterocycles. The average molecular weight is 167 g/mol. The standard InChI is InChI=1S/C3H5FNOS.Sc/c4-3(6)2(5)1-7;/h2,5,7H,1H2;/q-1;. The third kappa shape index (κ3) is 4.93. The van der Waals surface area contributed by atoms with E-state index in [9.17, 15) is 9.18 Å². The van der Waals surface area contributed by atoms with Crippen LogP contribution in [0.25, 0.3) is 5.73 Å². The molecule has 0 amide bonds. The summed E-state index contributed by atoms with van der Waals surface area (Å²) in [5.41, 5.74) is 6.47. The quantitative estimate of drug-likeness (QED) is 0.480. The Morgan fingerprint density at radius 3 is 2.25 bits per heavy atom. The normalized spacial score (nSPS) is 11.9. The molecule has 45 valence electrons. The predicted octanol–water partition coefficient (Wildman–Crippen LogP) is 0.831. The van der Waals surface area contributed by atoms with Crippen molar-refractivity contribution in [3.8, 4) is 0 Å². The second kappa shape index (κ2) is 5.91. The number of thiol groups is 1. The SMILES string of the molecule is [NH-]C(CS)C(=O)F.[Sc]. The molecule has 0 spiro atoms. The van der Waals surface area contributed by atoms with Gasteiger partial charge >= 0.3 is 0 Å². The largest absolute Gasteiger partial charge is 0.665 e. The van der Waals surface area contributed by atoms with Crippen LogP contribution in [0, 0.1) is 0 Å². The molecule has 8 heavy (non-hydrogen) atoms. The fourth-order valence-electron chi connectivity index (χ4n) is 0.0718. The molecule has 1 N–H and O–H groups in total. The van der Waals surface area contributed by atoms with Crippen LogP contribution in [0.5, 0.6) is 0 Å². The van der Waals surface area contributed by atoms with Crippen molar-refractivity contribution < 1.29 is 35.0 Å². The maximum absolute atomic E-state index is 11.2. The van der Waals surface area contributed by atoms with Gasteiger partial charge in [0.05, 0.1) is 0 Å². The van der Waals surface area contributed by atoms with Gasteiger partial charge in [0.15, 0.2) is 0 Å². The van der Waals surface area contributed by atoms with E-state index in [-0.39, 0.29) is 31.6 Å². The van der Waals surface area contributed by atoms with Crippen LogP contribution in [-0.2, 0) is 30.6 Å². The van der Waals surface area contributed by atoms with E-state index in [0.717, 1.165) is 0 Å². The van der Waals surface area contributed by atoms with Crippen LogP contribution in [0.15, 0.2) is 0 Å². The molecule has 5 heteroatoms. The maximum atomic E-state index is 11.2. The first kappa shape index (κ1) is 11.6. The third-order valence-corrected chi connectivity index (χ3v) is 0.822. The van der Waals surface area contributed by atoms with Crippen LogP contribution < -0.4 is 0 Å². The molecular formula is C3H5FNOSSc-. The van der Waals surface area contributed by atoms with Crippen molar-refractivity contribution >= 4 is 18.7 Å². The molecule has 0 aliphatic rings. The van der Waals surface area contributed by atoms with Gasteiger partial charge in [0.2, 0.25) is 0 Å². The van der Waals surface area contributed by atoms with Gasteiger partial charge in [0.25, 0.3) is 6.04 Å².